The van der Waals surface area contributed by atoms with Crippen LogP contribution in [0.15, 0.2) is 24.3 Å². The monoisotopic (exact) mass is 272 g/mol. The van der Waals surface area contributed by atoms with Gasteiger partial charge in [0.05, 0.1) is 0 Å². The van der Waals surface area contributed by atoms with Crippen molar-refractivity contribution in [3.8, 4) is 5.75 Å². The fourth-order valence-corrected chi connectivity index (χ4v) is 2.45. The Labute approximate surface area is 80.6 Å². The summed E-state index contributed by atoms with van der Waals surface area (Å²) in [5.41, 5.74) is 0. The molecule has 1 aromatic rings. The van der Waals surface area contributed by atoms with Crippen LogP contribution in [0.3, 0.4) is 0 Å². The summed E-state index contributed by atoms with van der Waals surface area (Å²) in [6, 6.07) is 7.22. The van der Waals surface area contributed by atoms with Gasteiger partial charge in [-0.15, -0.1) is 0 Å². The van der Waals surface area contributed by atoms with E-state index in [-0.39, 0.29) is 0 Å². The molecular weight excluding hydrogens is 263 g/mol. The van der Waals surface area contributed by atoms with Gasteiger partial charge in [-0.1, -0.05) is 0 Å². The van der Waals surface area contributed by atoms with Gasteiger partial charge in [0.2, 0.25) is 0 Å². The van der Waals surface area contributed by atoms with Crippen LogP contribution in [0, 0.1) is 0 Å². The molecule has 4 heteroatoms. The van der Waals surface area contributed by atoms with Crippen LogP contribution in [-0.4, -0.2) is 37.3 Å². The molecule has 0 saturated carbocycles. The van der Waals surface area contributed by atoms with Gasteiger partial charge >= 0.3 is 80.5 Å². The molecule has 0 fully saturated rings. The van der Waals surface area contributed by atoms with E-state index < -0.39 is 25.1 Å². The number of carbonyl (C=O) groups is 1. The van der Waals surface area contributed by atoms with Crippen molar-refractivity contribution < 1.29 is 14.6 Å². The van der Waals surface area contributed by atoms with Crippen molar-refractivity contribution in [2.24, 2.45) is 0 Å². The Morgan fingerprint density at radius 1 is 1.42 bits per heavy atom. The van der Waals surface area contributed by atoms with Crippen LogP contribution >= 0.6 is 0 Å². The second kappa shape index (κ2) is 4.35. The molecule has 0 aliphatic carbocycles. The average Bonchev–Trinajstić information content (AvgIpc) is 2.05. The number of hydrogen-bond donors (Lipinski definition) is 1. The molecule has 2 radical (unpaired) electrons. The molecule has 0 heterocycles. The minimum atomic E-state index is -1.41. The van der Waals surface area contributed by atoms with Crippen molar-refractivity contribution in [1.29, 1.82) is 0 Å². The second-order valence-electron chi connectivity index (χ2n) is 2.16. The zero-order chi connectivity index (χ0) is 8.97. The summed E-state index contributed by atoms with van der Waals surface area (Å²) in [6.07, 6.45) is 0. The van der Waals surface area contributed by atoms with Crippen molar-refractivity contribution >= 4 is 28.7 Å². The van der Waals surface area contributed by atoms with Crippen LogP contribution in [0.25, 0.3) is 0 Å². The minimum absolute atomic E-state index is 0.649. The Morgan fingerprint density at radius 3 is 2.42 bits per heavy atom. The van der Waals surface area contributed by atoms with Crippen LogP contribution in [0.5, 0.6) is 5.75 Å². The number of hydrogen-bond acceptors (Lipinski definition) is 2. The third kappa shape index (κ3) is 2.73. The molecule has 0 unspecified atom stereocenters. The van der Waals surface area contributed by atoms with E-state index in [2.05, 4.69) is 0 Å². The normalized spacial score (nSPS) is 9.42. The number of carboxylic acid groups (broad SMARTS) is 1. The number of ether oxygens (including phenoxy) is 1. The molecule has 0 atom stereocenters. The van der Waals surface area contributed by atoms with Gasteiger partial charge in [0, 0.05) is 0 Å². The van der Waals surface area contributed by atoms with E-state index in [1.807, 2.05) is 12.1 Å². The third-order valence-corrected chi connectivity index (χ3v) is 3.73. The van der Waals surface area contributed by atoms with Crippen LogP contribution in [0.4, 0.5) is 4.79 Å². The van der Waals surface area contributed by atoms with Crippen LogP contribution in [0.2, 0.25) is 0 Å². The first-order chi connectivity index (χ1) is 5.72. The zero-order valence-corrected chi connectivity index (χ0v) is 9.43. The van der Waals surface area contributed by atoms with Crippen molar-refractivity contribution in [3.05, 3.63) is 24.3 Å². The van der Waals surface area contributed by atoms with Gasteiger partial charge in [-0.3, -0.25) is 0 Å². The Kier molecular flexibility index (Phi) is 3.40. The fourth-order valence-electron chi connectivity index (χ4n) is 0.798. The zero-order valence-electron chi connectivity index (χ0n) is 6.57. The molecule has 1 rings (SSSR count). The van der Waals surface area contributed by atoms with Gasteiger partial charge in [-0.25, -0.2) is 0 Å². The van der Waals surface area contributed by atoms with E-state index in [4.69, 9.17) is 9.84 Å². The number of methoxy groups -OCH3 is 1. The van der Waals surface area contributed by atoms with Gasteiger partial charge in [-0.2, -0.15) is 0 Å². The Hall–Kier alpha value is -0.711. The summed E-state index contributed by atoms with van der Waals surface area (Å²) in [6.45, 7) is 0. The van der Waals surface area contributed by atoms with Crippen molar-refractivity contribution in [3.63, 3.8) is 0 Å². The third-order valence-electron chi connectivity index (χ3n) is 1.34. The van der Waals surface area contributed by atoms with Gasteiger partial charge in [0.25, 0.3) is 0 Å². The van der Waals surface area contributed by atoms with Crippen LogP contribution in [-0.2, 0) is 0 Å². The van der Waals surface area contributed by atoms with E-state index in [1.165, 1.54) is 0 Å². The molecule has 0 saturated heterocycles. The summed E-state index contributed by atoms with van der Waals surface area (Å²) in [4.78, 5) is 10.4. The van der Waals surface area contributed by atoms with Crippen LogP contribution < -0.4 is 8.32 Å². The molecular formula is C8H8O3Sn. The molecule has 0 aliphatic heterocycles. The first-order valence-electron chi connectivity index (χ1n) is 3.36. The molecule has 3 nitrogen and oxygen atoms in total. The molecule has 1 aromatic carbocycles. The first kappa shape index (κ1) is 9.38. The molecule has 0 bridgehead atoms. The summed E-state index contributed by atoms with van der Waals surface area (Å²) >= 11 is -1.41. The maximum absolute atomic E-state index is 10.4. The number of benzene rings is 1. The predicted octanol–water partition coefficient (Wildman–Crippen LogP) is 0.703. The summed E-state index contributed by atoms with van der Waals surface area (Å²) in [5.74, 6) is 0.767. The fraction of sp³-hybridized carbons (Fsp3) is 0.125. The van der Waals surface area contributed by atoms with E-state index in [1.54, 1.807) is 19.2 Å². The Balaban J connectivity index is 2.71. The van der Waals surface area contributed by atoms with Gasteiger partial charge in [0.1, 0.15) is 0 Å². The summed E-state index contributed by atoms with van der Waals surface area (Å²) in [5, 5.41) is 8.54. The molecule has 12 heavy (non-hydrogen) atoms. The van der Waals surface area contributed by atoms with E-state index in [0.29, 0.717) is 0 Å². The summed E-state index contributed by atoms with van der Waals surface area (Å²) < 4.78 is 5.25. The molecule has 62 valence electrons. The molecule has 0 aliphatic rings. The maximum atomic E-state index is 10.4. The predicted molar refractivity (Wildman–Crippen MR) is 46.4 cm³/mol. The molecule has 0 aromatic heterocycles. The van der Waals surface area contributed by atoms with E-state index >= 15 is 0 Å². The average molecular weight is 271 g/mol. The second-order valence-corrected chi connectivity index (χ2v) is 5.74. The number of rotatable bonds is 3. The quantitative estimate of drug-likeness (QED) is 0.823. The SMILES string of the molecule is COc1cc[c]([Sn][C](=O)O)cc1. The molecule has 0 amide bonds. The standard InChI is InChI=1S/C7H7O.CHO2.Sn/c1-8-7-5-3-2-4-6-7;2-1-3;/h3-6H,1H3;(H,2,3);. The van der Waals surface area contributed by atoms with E-state index in [9.17, 15) is 4.79 Å². The van der Waals surface area contributed by atoms with Crippen molar-refractivity contribution in [2.75, 3.05) is 7.11 Å². The van der Waals surface area contributed by atoms with Gasteiger partial charge < -0.3 is 0 Å². The summed E-state index contributed by atoms with van der Waals surface area (Å²) in [7, 11) is 1.59. The van der Waals surface area contributed by atoms with Crippen molar-refractivity contribution in [2.45, 2.75) is 0 Å². The van der Waals surface area contributed by atoms with Gasteiger partial charge in [-0.05, 0) is 0 Å². The Bertz CT molecular complexity index is 268. The van der Waals surface area contributed by atoms with Crippen LogP contribution in [0.1, 0.15) is 0 Å². The topological polar surface area (TPSA) is 46.5 Å². The molecule has 0 spiro atoms. The Morgan fingerprint density at radius 2 is 2.00 bits per heavy atom. The van der Waals surface area contributed by atoms with E-state index in [0.717, 1.165) is 9.33 Å². The van der Waals surface area contributed by atoms with Crippen molar-refractivity contribution in [1.82, 2.24) is 0 Å². The van der Waals surface area contributed by atoms with Gasteiger partial charge in [0.15, 0.2) is 0 Å². The molecule has 1 N–H and O–H groups in total. The first-order valence-corrected chi connectivity index (χ1v) is 6.22.